The zero-order chi connectivity index (χ0) is 25.9. The molecule has 1 saturated carbocycles. The number of H-pyrrole nitrogens is 1. The number of hydrogen-bond acceptors (Lipinski definition) is 6. The fraction of sp³-hybridized carbons (Fsp3) is 0.440. The number of alkyl halides is 3. The summed E-state index contributed by atoms with van der Waals surface area (Å²) >= 11 is 0. The molecule has 194 valence electrons. The predicted octanol–water partition coefficient (Wildman–Crippen LogP) is 5.23. The van der Waals surface area contributed by atoms with Crippen LogP contribution in [-0.4, -0.2) is 54.1 Å². The highest BCUT2D eigenvalue weighted by atomic mass is 31.2. The lowest BCUT2D eigenvalue weighted by Crippen LogP contribution is -2.18. The number of nitrogens with one attached hydrogen (secondary N) is 2. The number of benzene rings is 1. The highest BCUT2D eigenvalue weighted by Gasteiger charge is 2.36. The summed E-state index contributed by atoms with van der Waals surface area (Å²) in [6, 6.07) is 3.64. The van der Waals surface area contributed by atoms with E-state index in [0.717, 1.165) is 31.9 Å². The van der Waals surface area contributed by atoms with Gasteiger partial charge in [-0.25, -0.2) is 9.97 Å². The van der Waals surface area contributed by atoms with Crippen molar-refractivity contribution in [3.05, 3.63) is 41.7 Å². The third-order valence-corrected chi connectivity index (χ3v) is 7.77. The first-order valence-electron chi connectivity index (χ1n) is 11.9. The Morgan fingerprint density at radius 2 is 2.03 bits per heavy atom. The van der Waals surface area contributed by atoms with Gasteiger partial charge in [-0.05, 0) is 31.7 Å². The molecule has 0 saturated heterocycles. The van der Waals surface area contributed by atoms with Crippen LogP contribution >= 0.6 is 7.14 Å². The van der Waals surface area contributed by atoms with E-state index in [1.165, 1.54) is 6.20 Å². The average molecular weight is 522 g/mol. The minimum atomic E-state index is -4.63. The summed E-state index contributed by atoms with van der Waals surface area (Å²) in [4.78, 5) is 11.4. The molecule has 11 heteroatoms. The number of rotatable bonds is 9. The number of hydrogen-bond donors (Lipinski definition) is 3. The Balaban J connectivity index is 1.81. The van der Waals surface area contributed by atoms with Gasteiger partial charge in [0.05, 0.1) is 24.4 Å². The summed E-state index contributed by atoms with van der Waals surface area (Å²) in [5.74, 6) is 0.174. The molecule has 0 aliphatic heterocycles. The lowest BCUT2D eigenvalue weighted by molar-refractivity contribution is -0.137. The second-order valence-corrected chi connectivity index (χ2v) is 12.5. The molecular formula is C25H31F3N5O2P. The van der Waals surface area contributed by atoms with Crippen molar-refractivity contribution in [2.24, 2.45) is 5.73 Å². The molecule has 4 N–H and O–H groups in total. The second kappa shape index (κ2) is 10.7. The Kier molecular flexibility index (Phi) is 7.87. The van der Waals surface area contributed by atoms with Gasteiger partial charge in [-0.1, -0.05) is 37.1 Å². The van der Waals surface area contributed by atoms with Crippen molar-refractivity contribution in [3.63, 3.8) is 0 Å². The molecule has 1 fully saturated rings. The highest BCUT2D eigenvalue weighted by molar-refractivity contribution is 7.70. The van der Waals surface area contributed by atoms with Gasteiger partial charge in [0.25, 0.3) is 0 Å². The van der Waals surface area contributed by atoms with Crippen molar-refractivity contribution in [3.8, 4) is 11.3 Å². The molecule has 0 bridgehead atoms. The van der Waals surface area contributed by atoms with E-state index in [1.807, 2.05) is 0 Å². The number of fused-ring (bicyclic) bond motifs is 1. The van der Waals surface area contributed by atoms with E-state index in [1.54, 1.807) is 37.6 Å². The lowest BCUT2D eigenvalue weighted by Gasteiger charge is -2.16. The molecular weight excluding hydrogens is 490 g/mol. The predicted molar refractivity (Wildman–Crippen MR) is 138 cm³/mol. The van der Waals surface area contributed by atoms with Crippen LogP contribution in [0.5, 0.6) is 0 Å². The molecule has 7 nitrogen and oxygen atoms in total. The molecule has 4 rings (SSSR count). The van der Waals surface area contributed by atoms with Crippen molar-refractivity contribution >= 4 is 35.4 Å². The molecule has 0 atom stereocenters. The molecule has 1 aliphatic rings. The van der Waals surface area contributed by atoms with Crippen LogP contribution in [0.25, 0.3) is 28.2 Å². The fourth-order valence-electron chi connectivity index (χ4n) is 4.64. The van der Waals surface area contributed by atoms with E-state index in [2.05, 4.69) is 20.3 Å². The molecule has 36 heavy (non-hydrogen) atoms. The summed E-state index contributed by atoms with van der Waals surface area (Å²) in [7, 11) is -2.83. The number of nitrogens with zero attached hydrogens (tertiary/aromatic N) is 2. The largest absolute Gasteiger partial charge is 0.419 e. The molecule has 1 aromatic carbocycles. The first-order chi connectivity index (χ1) is 17.1. The maximum absolute atomic E-state index is 14.0. The highest BCUT2D eigenvalue weighted by Crippen LogP contribution is 2.43. The van der Waals surface area contributed by atoms with Crippen molar-refractivity contribution in [1.82, 2.24) is 15.0 Å². The topological polar surface area (TPSA) is 106 Å². The van der Waals surface area contributed by atoms with Crippen molar-refractivity contribution in [2.45, 2.75) is 37.9 Å². The van der Waals surface area contributed by atoms with Crippen LogP contribution < -0.4 is 16.4 Å². The van der Waals surface area contributed by atoms with Gasteiger partial charge < -0.3 is 25.3 Å². The van der Waals surface area contributed by atoms with Gasteiger partial charge in [-0.2, -0.15) is 13.2 Å². The SMILES string of the molecule is CP(C)(=O)c1c(/C=C/COCCN)ccc2c(-c3nc(NC4CCCC4)ncc3C(F)(F)F)c[nH]c12. The summed E-state index contributed by atoms with van der Waals surface area (Å²) in [5.41, 5.74) is 5.82. The molecule has 2 heterocycles. The molecule has 2 aromatic heterocycles. The molecule has 0 amide bonds. The normalized spacial score (nSPS) is 15.4. The number of ether oxygens (including phenoxy) is 1. The third-order valence-electron chi connectivity index (χ3n) is 6.21. The third kappa shape index (κ3) is 5.82. The number of aromatic nitrogens is 3. The van der Waals surface area contributed by atoms with Gasteiger partial charge in [-0.15, -0.1) is 0 Å². The van der Waals surface area contributed by atoms with Crippen LogP contribution in [0.4, 0.5) is 19.1 Å². The number of halogens is 3. The van der Waals surface area contributed by atoms with Gasteiger partial charge in [0.15, 0.2) is 0 Å². The van der Waals surface area contributed by atoms with E-state index in [9.17, 15) is 17.7 Å². The van der Waals surface area contributed by atoms with Crippen LogP contribution in [0.1, 0.15) is 36.8 Å². The maximum atomic E-state index is 14.0. The smallest absolute Gasteiger partial charge is 0.376 e. The van der Waals surface area contributed by atoms with E-state index in [-0.39, 0.29) is 23.2 Å². The maximum Gasteiger partial charge on any atom is 0.419 e. The molecule has 0 spiro atoms. The average Bonchev–Trinajstić information content (AvgIpc) is 3.47. The Morgan fingerprint density at radius 3 is 2.69 bits per heavy atom. The van der Waals surface area contributed by atoms with Crippen LogP contribution in [0.3, 0.4) is 0 Å². The van der Waals surface area contributed by atoms with E-state index < -0.39 is 18.9 Å². The number of anilines is 1. The van der Waals surface area contributed by atoms with Gasteiger partial charge >= 0.3 is 6.18 Å². The summed E-state index contributed by atoms with van der Waals surface area (Å²) in [6.07, 6.45) is 5.32. The first-order valence-corrected chi connectivity index (χ1v) is 14.5. The van der Waals surface area contributed by atoms with Crippen molar-refractivity contribution < 1.29 is 22.5 Å². The second-order valence-electron chi connectivity index (χ2n) is 9.32. The Hall–Kier alpha value is -2.68. The van der Waals surface area contributed by atoms with Gasteiger partial charge in [0, 0.05) is 41.2 Å². The van der Waals surface area contributed by atoms with Crippen LogP contribution in [0.15, 0.2) is 30.6 Å². The summed E-state index contributed by atoms with van der Waals surface area (Å²) in [6.45, 7) is 4.46. The van der Waals surface area contributed by atoms with Crippen LogP contribution in [-0.2, 0) is 15.5 Å². The quantitative estimate of drug-likeness (QED) is 0.263. The first kappa shape index (κ1) is 26.4. The number of aromatic amines is 1. The Labute approximate surface area is 208 Å². The Bertz CT molecular complexity index is 1290. The van der Waals surface area contributed by atoms with Gasteiger partial charge in [0.1, 0.15) is 12.7 Å². The van der Waals surface area contributed by atoms with Crippen LogP contribution in [0.2, 0.25) is 0 Å². The minimum absolute atomic E-state index is 0.151. The lowest BCUT2D eigenvalue weighted by atomic mass is 10.0. The van der Waals surface area contributed by atoms with E-state index in [0.29, 0.717) is 41.5 Å². The zero-order valence-electron chi connectivity index (χ0n) is 20.4. The molecule has 0 unspecified atom stereocenters. The van der Waals surface area contributed by atoms with Gasteiger partial charge in [0.2, 0.25) is 5.95 Å². The fourth-order valence-corrected chi connectivity index (χ4v) is 6.13. The standard InChI is InChI=1S/C25H31F3N5O2P/c1-36(2,34)23-16(6-5-12-35-13-11-29)9-10-18-19(14-30-22(18)23)21-20(25(26,27)28)15-31-24(33-21)32-17-7-3-4-8-17/h5-6,9-10,14-15,17,30H,3-4,7-8,11-13,29H2,1-2H3,(H,31,32,33)/b6-5+. The summed E-state index contributed by atoms with van der Waals surface area (Å²) < 4.78 is 60.5. The van der Waals surface area contributed by atoms with Crippen molar-refractivity contribution in [2.75, 3.05) is 38.4 Å². The monoisotopic (exact) mass is 521 g/mol. The molecule has 0 radical (unpaired) electrons. The van der Waals surface area contributed by atoms with Crippen LogP contribution in [0, 0.1) is 0 Å². The number of nitrogens with two attached hydrogens (primary N) is 1. The van der Waals surface area contributed by atoms with Crippen molar-refractivity contribution in [1.29, 1.82) is 0 Å². The minimum Gasteiger partial charge on any atom is -0.376 e. The van der Waals surface area contributed by atoms with Gasteiger partial charge in [-0.3, -0.25) is 0 Å². The Morgan fingerprint density at radius 1 is 1.28 bits per heavy atom. The van der Waals surface area contributed by atoms with E-state index >= 15 is 0 Å². The molecule has 1 aliphatic carbocycles. The zero-order valence-corrected chi connectivity index (χ0v) is 21.3. The molecule has 3 aromatic rings. The van der Waals surface area contributed by atoms with E-state index in [4.69, 9.17) is 10.5 Å². The summed E-state index contributed by atoms with van der Waals surface area (Å²) in [5, 5.41) is 4.26.